The van der Waals surface area contributed by atoms with Gasteiger partial charge < -0.3 is 10.6 Å². The van der Waals surface area contributed by atoms with Crippen molar-refractivity contribution < 1.29 is 9.59 Å². The quantitative estimate of drug-likeness (QED) is 0.715. The van der Waals surface area contributed by atoms with Gasteiger partial charge in [-0.2, -0.15) is 0 Å². The van der Waals surface area contributed by atoms with Gasteiger partial charge in [0.15, 0.2) is 5.65 Å². The minimum absolute atomic E-state index is 0.0375. The maximum atomic E-state index is 12.2. The van der Waals surface area contributed by atoms with E-state index >= 15 is 0 Å². The summed E-state index contributed by atoms with van der Waals surface area (Å²) >= 11 is 5.95. The summed E-state index contributed by atoms with van der Waals surface area (Å²) in [5.74, 6) is -0.595. The molecule has 2 aromatic heterocycles. The van der Waals surface area contributed by atoms with Gasteiger partial charge in [-0.25, -0.2) is 9.48 Å². The Morgan fingerprint density at radius 3 is 2.69 bits per heavy atom. The molecule has 8 nitrogen and oxygen atoms in total. The van der Waals surface area contributed by atoms with Gasteiger partial charge in [-0.05, 0) is 30.3 Å². The van der Waals surface area contributed by atoms with E-state index in [4.69, 9.17) is 11.6 Å². The molecule has 2 amide bonds. The monoisotopic (exact) mass is 373 g/mol. The summed E-state index contributed by atoms with van der Waals surface area (Å²) in [5.41, 5.74) is 1.04. The number of nitrogens with zero attached hydrogens (tertiary/aromatic N) is 3. The Hall–Kier alpha value is -3.13. The second kappa shape index (κ2) is 7.40. The number of amides is 2. The molecule has 0 fully saturated rings. The maximum Gasteiger partial charge on any atom is 0.350 e. The van der Waals surface area contributed by atoms with Crippen LogP contribution < -0.4 is 16.3 Å². The van der Waals surface area contributed by atoms with Crippen molar-refractivity contribution in [3.05, 3.63) is 58.1 Å². The molecule has 0 atom stereocenters. The van der Waals surface area contributed by atoms with Crippen LogP contribution in [-0.2, 0) is 16.1 Å². The van der Waals surface area contributed by atoms with E-state index in [1.54, 1.807) is 42.6 Å². The Kier molecular flexibility index (Phi) is 5.04. The van der Waals surface area contributed by atoms with Crippen molar-refractivity contribution in [2.45, 2.75) is 19.9 Å². The normalized spacial score (nSPS) is 10.7. The number of halogens is 1. The van der Waals surface area contributed by atoms with Crippen molar-refractivity contribution >= 4 is 40.4 Å². The average molecular weight is 374 g/mol. The number of nitrogens with one attached hydrogen (secondary N) is 2. The highest BCUT2D eigenvalue weighted by Crippen LogP contribution is 2.26. The summed E-state index contributed by atoms with van der Waals surface area (Å²) in [6.07, 6.45) is 1.66. The summed E-state index contributed by atoms with van der Waals surface area (Å²) in [5, 5.41) is 9.91. The lowest BCUT2D eigenvalue weighted by Crippen LogP contribution is -2.24. The molecule has 0 saturated carbocycles. The zero-order chi connectivity index (χ0) is 18.7. The Morgan fingerprint density at radius 1 is 1.15 bits per heavy atom. The molecule has 0 bridgehead atoms. The molecule has 0 aliphatic rings. The topological polar surface area (TPSA) is 97.5 Å². The molecule has 0 spiro atoms. The zero-order valence-corrected chi connectivity index (χ0v) is 14.7. The highest BCUT2D eigenvalue weighted by atomic mass is 35.5. The first kappa shape index (κ1) is 17.7. The first-order valence-electron chi connectivity index (χ1n) is 7.85. The smallest absolute Gasteiger partial charge is 0.325 e. The van der Waals surface area contributed by atoms with E-state index in [9.17, 15) is 14.4 Å². The van der Waals surface area contributed by atoms with Gasteiger partial charge in [-0.15, -0.1) is 5.10 Å². The molecule has 0 aliphatic carbocycles. The Balaban J connectivity index is 1.71. The fourth-order valence-electron chi connectivity index (χ4n) is 2.45. The number of anilines is 2. The third kappa shape index (κ3) is 3.92. The molecule has 9 heteroatoms. The van der Waals surface area contributed by atoms with Crippen LogP contribution >= 0.6 is 11.6 Å². The predicted octanol–water partition coefficient (Wildman–Crippen LogP) is 2.14. The van der Waals surface area contributed by atoms with E-state index in [1.807, 2.05) is 0 Å². The van der Waals surface area contributed by atoms with Crippen molar-refractivity contribution in [1.82, 2.24) is 14.2 Å². The number of pyridine rings is 1. The number of carbonyl (C=O) groups excluding carboxylic acids is 2. The van der Waals surface area contributed by atoms with Crippen LogP contribution in [0.2, 0.25) is 5.02 Å². The first-order chi connectivity index (χ1) is 12.4. The zero-order valence-electron chi connectivity index (χ0n) is 13.9. The molecule has 0 radical (unpaired) electrons. The van der Waals surface area contributed by atoms with Gasteiger partial charge in [0.1, 0.15) is 0 Å². The summed E-state index contributed by atoms with van der Waals surface area (Å²) in [4.78, 5) is 35.7. The van der Waals surface area contributed by atoms with Crippen LogP contribution in [-0.4, -0.2) is 26.0 Å². The maximum absolute atomic E-state index is 12.2. The number of hydrogen-bond donors (Lipinski definition) is 2. The van der Waals surface area contributed by atoms with E-state index in [2.05, 4.69) is 15.7 Å². The molecule has 0 unspecified atom stereocenters. The lowest BCUT2D eigenvalue weighted by molar-refractivity contribution is -0.116. The summed E-state index contributed by atoms with van der Waals surface area (Å²) in [7, 11) is 0. The van der Waals surface area contributed by atoms with Crippen LogP contribution in [0, 0.1) is 0 Å². The van der Waals surface area contributed by atoms with Crippen LogP contribution in [0.15, 0.2) is 47.4 Å². The molecule has 26 heavy (non-hydrogen) atoms. The van der Waals surface area contributed by atoms with Crippen molar-refractivity contribution in [2.24, 2.45) is 0 Å². The van der Waals surface area contributed by atoms with Gasteiger partial charge in [-0.1, -0.05) is 17.7 Å². The lowest BCUT2D eigenvalue weighted by atomic mass is 10.2. The van der Waals surface area contributed by atoms with Crippen molar-refractivity contribution in [3.63, 3.8) is 0 Å². The average Bonchev–Trinajstić information content (AvgIpc) is 2.92. The molecule has 0 aliphatic heterocycles. The molecule has 2 heterocycles. The van der Waals surface area contributed by atoms with Crippen LogP contribution in [0.25, 0.3) is 5.65 Å². The van der Waals surface area contributed by atoms with Gasteiger partial charge in [0, 0.05) is 24.6 Å². The standard InChI is InChI=1S/C17H16ClN5O3/c1-11(24)19-13-6-5-12(18)10-14(13)20-16(25)7-9-23-17(26)22-8-3-2-4-15(22)21-23/h2-6,8,10H,7,9H2,1H3,(H,19,24)(H,20,25). The fourth-order valence-corrected chi connectivity index (χ4v) is 2.62. The molecular formula is C17H16ClN5O3. The van der Waals surface area contributed by atoms with Gasteiger partial charge in [0.2, 0.25) is 11.8 Å². The minimum atomic E-state index is -0.331. The van der Waals surface area contributed by atoms with Crippen molar-refractivity contribution in [3.8, 4) is 0 Å². The fraction of sp³-hybridized carbons (Fsp3) is 0.176. The number of rotatable bonds is 5. The SMILES string of the molecule is CC(=O)Nc1ccc(Cl)cc1NC(=O)CCn1nc2ccccn2c1=O. The van der Waals surface area contributed by atoms with E-state index in [-0.39, 0.29) is 30.5 Å². The van der Waals surface area contributed by atoms with Gasteiger partial charge >= 0.3 is 5.69 Å². The number of benzene rings is 1. The van der Waals surface area contributed by atoms with Crippen LogP contribution in [0.1, 0.15) is 13.3 Å². The molecular weight excluding hydrogens is 358 g/mol. The predicted molar refractivity (Wildman–Crippen MR) is 98.5 cm³/mol. The first-order valence-corrected chi connectivity index (χ1v) is 8.23. The van der Waals surface area contributed by atoms with Crippen LogP contribution in [0.3, 0.4) is 0 Å². The molecule has 2 N–H and O–H groups in total. The number of fused-ring (bicyclic) bond motifs is 1. The van der Waals surface area contributed by atoms with Gasteiger partial charge in [0.25, 0.3) is 0 Å². The van der Waals surface area contributed by atoms with E-state index < -0.39 is 0 Å². The summed E-state index contributed by atoms with van der Waals surface area (Å²) < 4.78 is 2.64. The number of aromatic nitrogens is 3. The van der Waals surface area contributed by atoms with E-state index in [0.29, 0.717) is 22.0 Å². The molecule has 1 aromatic carbocycles. The molecule has 134 valence electrons. The number of hydrogen-bond acceptors (Lipinski definition) is 4. The number of carbonyl (C=O) groups is 2. The highest BCUT2D eigenvalue weighted by molar-refractivity contribution is 6.31. The highest BCUT2D eigenvalue weighted by Gasteiger charge is 2.11. The second-order valence-electron chi connectivity index (χ2n) is 5.60. The minimum Gasteiger partial charge on any atom is -0.325 e. The van der Waals surface area contributed by atoms with Crippen LogP contribution in [0.4, 0.5) is 11.4 Å². The van der Waals surface area contributed by atoms with Crippen molar-refractivity contribution in [1.29, 1.82) is 0 Å². The largest absolute Gasteiger partial charge is 0.350 e. The van der Waals surface area contributed by atoms with Gasteiger partial charge in [0.05, 0.1) is 17.9 Å². The summed E-state index contributed by atoms with van der Waals surface area (Å²) in [6.45, 7) is 1.50. The Morgan fingerprint density at radius 2 is 1.96 bits per heavy atom. The second-order valence-corrected chi connectivity index (χ2v) is 6.04. The molecule has 3 rings (SSSR count). The van der Waals surface area contributed by atoms with Gasteiger partial charge in [-0.3, -0.25) is 14.0 Å². The van der Waals surface area contributed by atoms with E-state index in [1.165, 1.54) is 16.0 Å². The lowest BCUT2D eigenvalue weighted by Gasteiger charge is -2.11. The Bertz CT molecular complexity index is 1040. The Labute approximate surface area is 153 Å². The molecule has 0 saturated heterocycles. The van der Waals surface area contributed by atoms with Crippen LogP contribution in [0.5, 0.6) is 0 Å². The number of aryl methyl sites for hydroxylation is 1. The van der Waals surface area contributed by atoms with E-state index in [0.717, 1.165) is 0 Å². The molecule has 3 aromatic rings. The van der Waals surface area contributed by atoms with Crippen molar-refractivity contribution in [2.75, 3.05) is 10.6 Å². The summed E-state index contributed by atoms with van der Waals surface area (Å²) in [6, 6.07) is 9.98. The third-order valence-electron chi connectivity index (χ3n) is 3.61. The third-order valence-corrected chi connectivity index (χ3v) is 3.84.